The number of hydrogen-bond acceptors (Lipinski definition) is 10. The number of allylic oxidation sites excluding steroid dienone is 1. The normalized spacial score (nSPS) is 25.9. The Hall–Kier alpha value is -3.70. The molecule has 11 heteroatoms. The maximum atomic E-state index is 14.4. The molecule has 0 aliphatic heterocycles. The summed E-state index contributed by atoms with van der Waals surface area (Å²) in [6.07, 6.45) is 2.08. The number of fused-ring (bicyclic) bond motifs is 3. The fourth-order valence-electron chi connectivity index (χ4n) is 6.34. The fourth-order valence-corrected chi connectivity index (χ4v) is 6.34. The van der Waals surface area contributed by atoms with Crippen molar-refractivity contribution < 1.29 is 38.9 Å². The zero-order chi connectivity index (χ0) is 29.7. The van der Waals surface area contributed by atoms with Gasteiger partial charge in [-0.25, -0.2) is 0 Å². The van der Waals surface area contributed by atoms with E-state index in [4.69, 9.17) is 15.2 Å². The zero-order valence-electron chi connectivity index (χ0n) is 23.7. The van der Waals surface area contributed by atoms with Gasteiger partial charge in [0.05, 0.1) is 18.2 Å². The number of primary amides is 1. The highest BCUT2D eigenvalue weighted by molar-refractivity contribution is 6.25. The third kappa shape index (κ3) is 4.46. The van der Waals surface area contributed by atoms with Crippen molar-refractivity contribution in [2.45, 2.75) is 51.2 Å². The van der Waals surface area contributed by atoms with E-state index in [2.05, 4.69) is 0 Å². The Morgan fingerprint density at radius 3 is 2.40 bits per heavy atom. The molecule has 40 heavy (non-hydrogen) atoms. The van der Waals surface area contributed by atoms with Gasteiger partial charge in [-0.2, -0.15) is 0 Å². The summed E-state index contributed by atoms with van der Waals surface area (Å²) in [7, 11) is 6.96. The number of ether oxygens (including phenoxy) is 2. The molecule has 4 N–H and O–H groups in total. The number of likely N-dealkylation sites (N-methyl/N-ethyl adjacent to an activating group) is 1. The summed E-state index contributed by atoms with van der Waals surface area (Å²) >= 11 is 0. The number of nitrogens with zero attached hydrogens (tertiary/aromatic N) is 2. The quantitative estimate of drug-likeness (QED) is 0.245. The number of benzene rings is 1. The SMILES string of the molecule is CCCCOc1ccc(N(C)C)c2c1C(=O)C1=C(OC(C)=O)[C@]3(O)C(=O)C(C(N)=O)=C(O)C(N(C)C)[C@@H]3C[C@@H]1C2. The first-order chi connectivity index (χ1) is 18.8. The molecule has 3 aliphatic rings. The van der Waals surface area contributed by atoms with E-state index in [0.717, 1.165) is 31.0 Å². The van der Waals surface area contributed by atoms with Gasteiger partial charge >= 0.3 is 5.97 Å². The number of nitrogens with two attached hydrogens (primary N) is 1. The zero-order valence-corrected chi connectivity index (χ0v) is 23.7. The molecular weight excluding hydrogens is 518 g/mol. The van der Waals surface area contributed by atoms with Crippen molar-refractivity contribution in [2.24, 2.45) is 17.6 Å². The van der Waals surface area contributed by atoms with Crippen LogP contribution < -0.4 is 15.4 Å². The topological polar surface area (TPSA) is 160 Å². The van der Waals surface area contributed by atoms with Crippen molar-refractivity contribution in [1.82, 2.24) is 4.90 Å². The highest BCUT2D eigenvalue weighted by Crippen LogP contribution is 2.54. The van der Waals surface area contributed by atoms with Crippen molar-refractivity contribution in [2.75, 3.05) is 39.7 Å². The molecule has 1 unspecified atom stereocenters. The van der Waals surface area contributed by atoms with Crippen LogP contribution in [0.5, 0.6) is 5.75 Å². The van der Waals surface area contributed by atoms with Gasteiger partial charge in [-0.3, -0.25) is 24.1 Å². The molecule has 3 aliphatic carbocycles. The van der Waals surface area contributed by atoms with E-state index in [1.807, 2.05) is 32.0 Å². The summed E-state index contributed by atoms with van der Waals surface area (Å²) in [6, 6.07) is 2.58. The van der Waals surface area contributed by atoms with Crippen LogP contribution in [-0.2, 0) is 25.5 Å². The van der Waals surface area contributed by atoms with Crippen LogP contribution in [0.4, 0.5) is 5.69 Å². The van der Waals surface area contributed by atoms with Crippen LogP contribution in [0, 0.1) is 11.8 Å². The number of esters is 1. The Bertz CT molecular complexity index is 1340. The summed E-state index contributed by atoms with van der Waals surface area (Å²) < 4.78 is 11.5. The van der Waals surface area contributed by atoms with E-state index in [1.165, 1.54) is 0 Å². The molecule has 0 aromatic heterocycles. The number of rotatable bonds is 8. The summed E-state index contributed by atoms with van der Waals surface area (Å²) in [6.45, 7) is 3.50. The van der Waals surface area contributed by atoms with Crippen LogP contribution in [0.25, 0.3) is 0 Å². The lowest BCUT2D eigenvalue weighted by Gasteiger charge is -2.50. The van der Waals surface area contributed by atoms with E-state index in [0.29, 0.717) is 18.8 Å². The first-order valence-electron chi connectivity index (χ1n) is 13.4. The molecule has 0 saturated carbocycles. The van der Waals surface area contributed by atoms with Crippen molar-refractivity contribution in [3.8, 4) is 5.75 Å². The van der Waals surface area contributed by atoms with E-state index >= 15 is 0 Å². The summed E-state index contributed by atoms with van der Waals surface area (Å²) in [4.78, 5) is 56.2. The second-order valence-corrected chi connectivity index (χ2v) is 11.1. The standard InChI is InChI=1S/C29H37N3O8/c1-7-8-11-39-19-10-9-18(31(3)4)16-12-15-13-17-23(32(5)6)25(35)22(28(30)37)26(36)29(17,38)27(40-14(2)33)20(15)24(34)21(16)19/h9-10,15,17,23,35,38H,7-8,11-13H2,1-6H3,(H2,30,37)/t15-,17-,23?,29+/m0/s1. The van der Waals surface area contributed by atoms with Gasteiger partial charge in [0.25, 0.3) is 5.91 Å². The summed E-state index contributed by atoms with van der Waals surface area (Å²) in [5.74, 6) is -6.17. The fraction of sp³-hybridized carbons (Fsp3) is 0.517. The van der Waals surface area contributed by atoms with Crippen LogP contribution in [0.3, 0.4) is 0 Å². The Morgan fingerprint density at radius 2 is 1.85 bits per heavy atom. The van der Waals surface area contributed by atoms with Crippen LogP contribution in [0.2, 0.25) is 0 Å². The Balaban J connectivity index is 2.02. The maximum absolute atomic E-state index is 14.4. The van der Waals surface area contributed by atoms with Crippen molar-refractivity contribution >= 4 is 29.1 Å². The number of ketones is 2. The van der Waals surface area contributed by atoms with Crippen LogP contribution in [0.15, 0.2) is 34.8 Å². The number of unbranched alkanes of at least 4 members (excludes halogenated alkanes) is 1. The average Bonchev–Trinajstić information content (AvgIpc) is 2.85. The van der Waals surface area contributed by atoms with Gasteiger partial charge < -0.3 is 30.3 Å². The van der Waals surface area contributed by atoms with Gasteiger partial charge in [-0.15, -0.1) is 0 Å². The maximum Gasteiger partial charge on any atom is 0.307 e. The number of amides is 1. The Kier molecular flexibility index (Phi) is 7.83. The van der Waals surface area contributed by atoms with Crippen LogP contribution in [0.1, 0.15) is 49.0 Å². The van der Waals surface area contributed by atoms with E-state index in [9.17, 15) is 29.4 Å². The molecule has 11 nitrogen and oxygen atoms in total. The molecule has 0 bridgehead atoms. The second-order valence-electron chi connectivity index (χ2n) is 11.1. The number of carbonyl (C=O) groups is 4. The minimum absolute atomic E-state index is 0.0197. The third-order valence-corrected chi connectivity index (χ3v) is 8.02. The lowest BCUT2D eigenvalue weighted by Crippen LogP contribution is -2.64. The molecule has 1 amide bonds. The molecule has 0 fully saturated rings. The summed E-state index contributed by atoms with van der Waals surface area (Å²) in [5.41, 5.74) is 3.89. The summed E-state index contributed by atoms with van der Waals surface area (Å²) in [5, 5.41) is 23.2. The largest absolute Gasteiger partial charge is 0.510 e. The molecule has 4 rings (SSSR count). The van der Waals surface area contributed by atoms with Crippen LogP contribution in [-0.4, -0.2) is 85.0 Å². The molecule has 4 atom stereocenters. The highest BCUT2D eigenvalue weighted by Gasteiger charge is 2.64. The third-order valence-electron chi connectivity index (χ3n) is 8.02. The molecule has 0 radical (unpaired) electrons. The number of Topliss-reactive ketones (excluding diaryl/α,β-unsaturated/α-hetero) is 2. The number of anilines is 1. The molecule has 0 spiro atoms. The van der Waals surface area contributed by atoms with E-state index < -0.39 is 64.0 Å². The molecule has 0 saturated heterocycles. The van der Waals surface area contributed by atoms with Gasteiger partial charge in [0, 0.05) is 38.2 Å². The van der Waals surface area contributed by atoms with Crippen molar-refractivity contribution in [1.29, 1.82) is 0 Å². The van der Waals surface area contributed by atoms with Crippen molar-refractivity contribution in [3.63, 3.8) is 0 Å². The predicted molar refractivity (Wildman–Crippen MR) is 146 cm³/mol. The monoisotopic (exact) mass is 555 g/mol. The first kappa shape index (κ1) is 29.3. The van der Waals surface area contributed by atoms with Gasteiger partial charge in [0.2, 0.25) is 5.78 Å². The smallest absolute Gasteiger partial charge is 0.307 e. The number of hydrogen-bond donors (Lipinski definition) is 3. The number of carbonyl (C=O) groups excluding carboxylic acids is 4. The molecule has 0 heterocycles. The first-order valence-corrected chi connectivity index (χ1v) is 13.4. The van der Waals surface area contributed by atoms with Gasteiger partial charge in [0.15, 0.2) is 17.1 Å². The predicted octanol–water partition coefficient (Wildman–Crippen LogP) is 1.67. The Morgan fingerprint density at radius 1 is 1.18 bits per heavy atom. The molecule has 1 aromatic carbocycles. The van der Waals surface area contributed by atoms with E-state index in [-0.39, 0.29) is 17.6 Å². The number of aliphatic hydroxyl groups is 2. The molecule has 216 valence electrons. The molecule has 1 aromatic rings. The minimum Gasteiger partial charge on any atom is -0.510 e. The van der Waals surface area contributed by atoms with E-state index in [1.54, 1.807) is 25.1 Å². The average molecular weight is 556 g/mol. The van der Waals surface area contributed by atoms with Gasteiger partial charge in [-0.1, -0.05) is 13.3 Å². The minimum atomic E-state index is -2.60. The highest BCUT2D eigenvalue weighted by atomic mass is 16.5. The Labute approximate surface area is 233 Å². The molecular formula is C29H37N3O8. The van der Waals surface area contributed by atoms with Gasteiger partial charge in [0.1, 0.15) is 17.1 Å². The lowest BCUT2D eigenvalue weighted by atomic mass is 9.58. The van der Waals surface area contributed by atoms with Crippen LogP contribution >= 0.6 is 0 Å². The lowest BCUT2D eigenvalue weighted by molar-refractivity contribution is -0.156. The second kappa shape index (κ2) is 10.7. The number of aliphatic hydroxyl groups excluding tert-OH is 1. The van der Waals surface area contributed by atoms with Crippen molar-refractivity contribution in [3.05, 3.63) is 45.9 Å². The van der Waals surface area contributed by atoms with Gasteiger partial charge in [-0.05, 0) is 57.0 Å².